The van der Waals surface area contributed by atoms with Gasteiger partial charge in [0.15, 0.2) is 11.5 Å². The molecule has 0 fully saturated rings. The van der Waals surface area contributed by atoms with Crippen LogP contribution in [0.3, 0.4) is 0 Å². The maximum Gasteiger partial charge on any atom is 0.251 e. The van der Waals surface area contributed by atoms with Crippen LogP contribution in [-0.2, 0) is 0 Å². The number of hydrogen-bond acceptors (Lipinski definition) is 4. The van der Waals surface area contributed by atoms with Crippen LogP contribution >= 0.6 is 0 Å². The minimum atomic E-state index is -0.197. The summed E-state index contributed by atoms with van der Waals surface area (Å²) in [6.07, 6.45) is 1.83. The Morgan fingerprint density at radius 1 is 1.04 bits per heavy atom. The number of nitrogens with zero attached hydrogens (tertiary/aromatic N) is 1. The molecule has 5 heteroatoms. The monoisotopic (exact) mass is 366 g/mol. The van der Waals surface area contributed by atoms with Crippen LogP contribution in [0.1, 0.15) is 61.1 Å². The van der Waals surface area contributed by atoms with Crippen molar-refractivity contribution in [2.45, 2.75) is 39.7 Å². The van der Waals surface area contributed by atoms with Crippen molar-refractivity contribution in [1.29, 1.82) is 5.26 Å². The lowest BCUT2D eigenvalue weighted by molar-refractivity contribution is 0.0940. The van der Waals surface area contributed by atoms with Gasteiger partial charge in [0.2, 0.25) is 0 Å². The van der Waals surface area contributed by atoms with E-state index in [1.54, 1.807) is 24.3 Å². The van der Waals surface area contributed by atoms with Crippen LogP contribution in [0.25, 0.3) is 0 Å². The van der Waals surface area contributed by atoms with Crippen LogP contribution in [0.15, 0.2) is 42.5 Å². The van der Waals surface area contributed by atoms with Gasteiger partial charge >= 0.3 is 0 Å². The number of hydrogen-bond donors (Lipinski definition) is 1. The largest absolute Gasteiger partial charge is 0.490 e. The highest BCUT2D eigenvalue weighted by Gasteiger charge is 2.14. The summed E-state index contributed by atoms with van der Waals surface area (Å²) in [6, 6.07) is 14.2. The smallest absolute Gasteiger partial charge is 0.251 e. The number of amides is 1. The van der Waals surface area contributed by atoms with Crippen LogP contribution in [-0.4, -0.2) is 19.1 Å². The zero-order chi connectivity index (χ0) is 19.6. The number of carbonyl (C=O) groups excluding carboxylic acids is 1. The van der Waals surface area contributed by atoms with E-state index < -0.39 is 0 Å². The number of carbonyl (C=O) groups is 1. The molecule has 0 aliphatic heterocycles. The Hall–Kier alpha value is -3.00. The molecular formula is C22H26N2O3. The van der Waals surface area contributed by atoms with E-state index in [2.05, 4.69) is 19.2 Å². The predicted octanol–water partition coefficient (Wildman–Crippen LogP) is 4.63. The Kier molecular flexibility index (Phi) is 7.69. The molecule has 0 heterocycles. The van der Waals surface area contributed by atoms with Crippen molar-refractivity contribution < 1.29 is 14.3 Å². The van der Waals surface area contributed by atoms with Crippen molar-refractivity contribution in [2.24, 2.45) is 0 Å². The third-order valence-electron chi connectivity index (χ3n) is 4.01. The van der Waals surface area contributed by atoms with Crippen LogP contribution < -0.4 is 14.8 Å². The van der Waals surface area contributed by atoms with Crippen molar-refractivity contribution in [3.05, 3.63) is 59.2 Å². The molecule has 1 amide bonds. The fourth-order valence-corrected chi connectivity index (χ4v) is 2.51. The van der Waals surface area contributed by atoms with Crippen molar-refractivity contribution >= 4 is 5.91 Å². The molecule has 142 valence electrons. The Bertz CT molecular complexity index is 794. The van der Waals surface area contributed by atoms with E-state index in [0.717, 1.165) is 24.2 Å². The molecule has 1 N–H and O–H groups in total. The molecule has 2 aromatic rings. The standard InChI is InChI=1S/C22H26N2O3/c1-4-12-26-20-11-10-19(14-21(20)27-13-5-2)16(3)24-22(25)18-8-6-17(15-23)7-9-18/h6-11,14,16H,4-5,12-13H2,1-3H3,(H,24,25)/t16-/m0/s1. The lowest BCUT2D eigenvalue weighted by atomic mass is 10.1. The fraction of sp³-hybridized carbons (Fsp3) is 0.364. The maximum absolute atomic E-state index is 12.4. The van der Waals surface area contributed by atoms with Gasteiger partial charge in [0.05, 0.1) is 30.9 Å². The molecule has 0 bridgehead atoms. The quantitative estimate of drug-likeness (QED) is 0.702. The molecule has 0 saturated heterocycles. The van der Waals surface area contributed by atoms with E-state index in [1.807, 2.05) is 31.2 Å². The molecule has 0 spiro atoms. The average Bonchev–Trinajstić information content (AvgIpc) is 2.70. The maximum atomic E-state index is 12.4. The summed E-state index contributed by atoms with van der Waals surface area (Å²) >= 11 is 0. The second-order valence-electron chi connectivity index (χ2n) is 6.29. The molecule has 0 aromatic heterocycles. The van der Waals surface area contributed by atoms with E-state index in [-0.39, 0.29) is 11.9 Å². The molecule has 2 rings (SSSR count). The first-order valence-corrected chi connectivity index (χ1v) is 9.29. The highest BCUT2D eigenvalue weighted by Crippen LogP contribution is 2.31. The molecule has 0 aliphatic rings. The predicted molar refractivity (Wildman–Crippen MR) is 105 cm³/mol. The zero-order valence-corrected chi connectivity index (χ0v) is 16.1. The van der Waals surface area contributed by atoms with Gasteiger partial charge in [0.1, 0.15) is 0 Å². The fourth-order valence-electron chi connectivity index (χ4n) is 2.51. The Morgan fingerprint density at radius 2 is 1.67 bits per heavy atom. The van der Waals surface area contributed by atoms with Crippen LogP contribution in [0.4, 0.5) is 0 Å². The average molecular weight is 366 g/mol. The topological polar surface area (TPSA) is 71.3 Å². The molecular weight excluding hydrogens is 340 g/mol. The van der Waals surface area contributed by atoms with Gasteiger partial charge in [-0.3, -0.25) is 4.79 Å². The summed E-state index contributed by atoms with van der Waals surface area (Å²) in [5, 5.41) is 11.8. The molecule has 0 radical (unpaired) electrons. The van der Waals surface area contributed by atoms with Crippen LogP contribution in [0, 0.1) is 11.3 Å². The molecule has 0 unspecified atom stereocenters. The van der Waals surface area contributed by atoms with Gasteiger partial charge in [-0.1, -0.05) is 19.9 Å². The Labute approximate surface area is 160 Å². The van der Waals surface area contributed by atoms with Crippen LogP contribution in [0.2, 0.25) is 0 Å². The first kappa shape index (κ1) is 20.3. The van der Waals surface area contributed by atoms with Gasteiger partial charge in [0.25, 0.3) is 5.91 Å². The number of nitrogens with one attached hydrogen (secondary N) is 1. The van der Waals surface area contributed by atoms with E-state index in [0.29, 0.717) is 30.1 Å². The molecule has 0 aliphatic carbocycles. The molecule has 27 heavy (non-hydrogen) atoms. The van der Waals surface area contributed by atoms with Crippen molar-refractivity contribution in [3.8, 4) is 17.6 Å². The highest BCUT2D eigenvalue weighted by atomic mass is 16.5. The van der Waals surface area contributed by atoms with Crippen LogP contribution in [0.5, 0.6) is 11.5 Å². The van der Waals surface area contributed by atoms with Gasteiger partial charge in [-0.05, 0) is 61.7 Å². The number of ether oxygens (including phenoxy) is 2. The molecule has 1 atom stereocenters. The molecule has 2 aromatic carbocycles. The lowest BCUT2D eigenvalue weighted by Crippen LogP contribution is -2.26. The number of nitriles is 1. The van der Waals surface area contributed by atoms with Gasteiger partial charge in [-0.2, -0.15) is 5.26 Å². The first-order valence-electron chi connectivity index (χ1n) is 9.29. The normalized spacial score (nSPS) is 11.3. The summed E-state index contributed by atoms with van der Waals surface area (Å²) in [7, 11) is 0. The third kappa shape index (κ3) is 5.75. The van der Waals surface area contributed by atoms with Gasteiger partial charge in [-0.25, -0.2) is 0 Å². The van der Waals surface area contributed by atoms with Gasteiger partial charge < -0.3 is 14.8 Å². The minimum absolute atomic E-state index is 0.186. The number of benzene rings is 2. The zero-order valence-electron chi connectivity index (χ0n) is 16.1. The summed E-state index contributed by atoms with van der Waals surface area (Å²) in [5.41, 5.74) is 1.98. The highest BCUT2D eigenvalue weighted by molar-refractivity contribution is 5.94. The summed E-state index contributed by atoms with van der Waals surface area (Å²) < 4.78 is 11.6. The van der Waals surface area contributed by atoms with E-state index >= 15 is 0 Å². The summed E-state index contributed by atoms with van der Waals surface area (Å²) in [6.45, 7) is 7.27. The summed E-state index contributed by atoms with van der Waals surface area (Å²) in [5.74, 6) is 1.23. The van der Waals surface area contributed by atoms with Crippen molar-refractivity contribution in [1.82, 2.24) is 5.32 Å². The minimum Gasteiger partial charge on any atom is -0.490 e. The number of rotatable bonds is 9. The lowest BCUT2D eigenvalue weighted by Gasteiger charge is -2.18. The molecule has 5 nitrogen and oxygen atoms in total. The van der Waals surface area contributed by atoms with Gasteiger partial charge in [-0.15, -0.1) is 0 Å². The van der Waals surface area contributed by atoms with E-state index in [4.69, 9.17) is 14.7 Å². The molecule has 0 saturated carbocycles. The van der Waals surface area contributed by atoms with E-state index in [9.17, 15) is 4.79 Å². The second-order valence-corrected chi connectivity index (χ2v) is 6.29. The van der Waals surface area contributed by atoms with Crippen molar-refractivity contribution in [2.75, 3.05) is 13.2 Å². The SMILES string of the molecule is CCCOc1ccc([C@H](C)NC(=O)c2ccc(C#N)cc2)cc1OCCC. The summed E-state index contributed by atoms with van der Waals surface area (Å²) in [4.78, 5) is 12.4. The Morgan fingerprint density at radius 3 is 2.26 bits per heavy atom. The van der Waals surface area contributed by atoms with Crippen molar-refractivity contribution in [3.63, 3.8) is 0 Å². The second kappa shape index (κ2) is 10.2. The first-order chi connectivity index (χ1) is 13.1. The van der Waals surface area contributed by atoms with Gasteiger partial charge in [0, 0.05) is 5.56 Å². The Balaban J connectivity index is 2.12. The third-order valence-corrected chi connectivity index (χ3v) is 4.01. The van der Waals surface area contributed by atoms with E-state index in [1.165, 1.54) is 0 Å².